The minimum atomic E-state index is -0.677. The molecule has 0 unspecified atom stereocenters. The minimum Gasteiger partial charge on any atom is -0.481 e. The molecule has 0 fully saturated rings. The predicted octanol–water partition coefficient (Wildman–Crippen LogP) is 5.35. The topological polar surface area (TPSA) is 74.6 Å². The SMILES string of the molecule is CC(C)CCCCC(=O)O.CC(C)CCCCCCC(=O)O.[Co]. The van der Waals surface area contributed by atoms with Crippen molar-refractivity contribution < 1.29 is 36.6 Å². The molecule has 0 heterocycles. The molecule has 0 aromatic carbocycles. The van der Waals surface area contributed by atoms with E-state index in [2.05, 4.69) is 27.7 Å². The van der Waals surface area contributed by atoms with Crippen molar-refractivity contribution in [3.8, 4) is 0 Å². The van der Waals surface area contributed by atoms with Crippen LogP contribution in [-0.4, -0.2) is 22.2 Å². The van der Waals surface area contributed by atoms with Crippen LogP contribution in [0.15, 0.2) is 0 Å². The van der Waals surface area contributed by atoms with E-state index >= 15 is 0 Å². The standard InChI is InChI=1S/C10H20O2.C8H16O2.Co/c1-9(2)7-5-3-4-6-8-10(11)12;1-7(2)5-3-4-6-8(9)10;/h9H,3-8H2,1-2H3,(H,11,12);7H,3-6H2,1-2H3,(H,9,10);. The van der Waals surface area contributed by atoms with Crippen LogP contribution in [0.3, 0.4) is 0 Å². The first-order chi connectivity index (χ1) is 10.3. The Balaban J connectivity index is -0.000000338. The predicted molar refractivity (Wildman–Crippen MR) is 91.1 cm³/mol. The fourth-order valence-corrected chi connectivity index (χ4v) is 2.01. The van der Waals surface area contributed by atoms with E-state index in [-0.39, 0.29) is 16.8 Å². The number of rotatable bonds is 12. The molecular formula is C18H36CoO4. The fraction of sp³-hybridized carbons (Fsp3) is 0.889. The molecular weight excluding hydrogens is 339 g/mol. The van der Waals surface area contributed by atoms with Crippen LogP contribution in [0.5, 0.6) is 0 Å². The molecule has 0 aromatic rings. The molecule has 0 saturated carbocycles. The van der Waals surface area contributed by atoms with Crippen LogP contribution < -0.4 is 0 Å². The summed E-state index contributed by atoms with van der Waals surface area (Å²) >= 11 is 0. The van der Waals surface area contributed by atoms with E-state index in [0.29, 0.717) is 18.8 Å². The van der Waals surface area contributed by atoms with Gasteiger partial charge in [0.2, 0.25) is 0 Å². The maximum absolute atomic E-state index is 10.1. The second-order valence-corrected chi connectivity index (χ2v) is 6.77. The van der Waals surface area contributed by atoms with E-state index in [9.17, 15) is 9.59 Å². The van der Waals surface area contributed by atoms with Crippen molar-refractivity contribution in [1.29, 1.82) is 0 Å². The Morgan fingerprint density at radius 2 is 0.957 bits per heavy atom. The van der Waals surface area contributed by atoms with Gasteiger partial charge in [-0.05, 0) is 24.7 Å². The monoisotopic (exact) mass is 375 g/mol. The molecule has 0 saturated heterocycles. The number of carboxylic acid groups (broad SMARTS) is 2. The molecule has 0 rings (SSSR count). The third-order valence-electron chi connectivity index (χ3n) is 3.34. The van der Waals surface area contributed by atoms with Crippen LogP contribution in [-0.2, 0) is 26.4 Å². The molecule has 2 N–H and O–H groups in total. The van der Waals surface area contributed by atoms with Crippen molar-refractivity contribution in [2.24, 2.45) is 11.8 Å². The van der Waals surface area contributed by atoms with Gasteiger partial charge in [0.05, 0.1) is 0 Å². The molecule has 141 valence electrons. The first kappa shape index (κ1) is 27.3. The van der Waals surface area contributed by atoms with Crippen molar-refractivity contribution >= 4 is 11.9 Å². The van der Waals surface area contributed by atoms with Gasteiger partial charge in [-0.2, -0.15) is 0 Å². The number of carboxylic acids is 2. The summed E-state index contributed by atoms with van der Waals surface area (Å²) in [7, 11) is 0. The molecule has 0 spiro atoms. The third-order valence-corrected chi connectivity index (χ3v) is 3.34. The third kappa shape index (κ3) is 34.0. The average molecular weight is 375 g/mol. The van der Waals surface area contributed by atoms with Gasteiger partial charge in [-0.3, -0.25) is 9.59 Å². The maximum Gasteiger partial charge on any atom is 0.303 e. The quantitative estimate of drug-likeness (QED) is 0.451. The summed E-state index contributed by atoms with van der Waals surface area (Å²) in [6.07, 6.45) is 9.29. The number of hydrogen-bond acceptors (Lipinski definition) is 2. The Labute approximate surface area is 152 Å². The normalized spacial score (nSPS) is 10.0. The molecule has 0 aromatic heterocycles. The van der Waals surface area contributed by atoms with Crippen LogP contribution in [0.2, 0.25) is 0 Å². The van der Waals surface area contributed by atoms with Crippen molar-refractivity contribution in [2.45, 2.75) is 91.9 Å². The van der Waals surface area contributed by atoms with Crippen molar-refractivity contribution in [2.75, 3.05) is 0 Å². The van der Waals surface area contributed by atoms with E-state index in [4.69, 9.17) is 10.2 Å². The van der Waals surface area contributed by atoms with Gasteiger partial charge < -0.3 is 10.2 Å². The van der Waals surface area contributed by atoms with Gasteiger partial charge in [0.1, 0.15) is 0 Å². The molecule has 4 nitrogen and oxygen atoms in total. The van der Waals surface area contributed by atoms with E-state index < -0.39 is 11.9 Å². The van der Waals surface area contributed by atoms with Gasteiger partial charge in [0.15, 0.2) is 0 Å². The Bertz CT molecular complexity index is 278. The Hall–Kier alpha value is -0.554. The summed E-state index contributed by atoms with van der Waals surface area (Å²) in [4.78, 5) is 20.2. The van der Waals surface area contributed by atoms with E-state index in [1.165, 1.54) is 19.3 Å². The van der Waals surface area contributed by atoms with E-state index in [1.54, 1.807) is 0 Å². The van der Waals surface area contributed by atoms with Gasteiger partial charge in [-0.1, -0.05) is 66.2 Å². The number of unbranched alkanes of at least 4 members (excludes halogenated alkanes) is 4. The van der Waals surface area contributed by atoms with Crippen molar-refractivity contribution in [3.63, 3.8) is 0 Å². The number of aliphatic carboxylic acids is 2. The largest absolute Gasteiger partial charge is 0.481 e. The zero-order valence-corrected chi connectivity index (χ0v) is 16.3. The summed E-state index contributed by atoms with van der Waals surface area (Å²) in [6.45, 7) is 8.75. The van der Waals surface area contributed by atoms with E-state index in [1.807, 2.05) is 0 Å². The van der Waals surface area contributed by atoms with Gasteiger partial charge in [-0.15, -0.1) is 0 Å². The summed E-state index contributed by atoms with van der Waals surface area (Å²) in [6, 6.07) is 0. The Morgan fingerprint density at radius 3 is 1.30 bits per heavy atom. The van der Waals surface area contributed by atoms with Crippen LogP contribution >= 0.6 is 0 Å². The molecule has 0 aliphatic carbocycles. The Morgan fingerprint density at radius 1 is 0.652 bits per heavy atom. The second kappa shape index (κ2) is 19.5. The number of carbonyl (C=O) groups is 2. The summed E-state index contributed by atoms with van der Waals surface area (Å²) in [5.41, 5.74) is 0. The first-order valence-corrected chi connectivity index (χ1v) is 8.69. The molecule has 23 heavy (non-hydrogen) atoms. The zero-order valence-electron chi connectivity index (χ0n) is 15.3. The molecule has 0 atom stereocenters. The smallest absolute Gasteiger partial charge is 0.303 e. The maximum atomic E-state index is 10.1. The van der Waals surface area contributed by atoms with Gasteiger partial charge in [0.25, 0.3) is 0 Å². The minimum absolute atomic E-state index is 0. The van der Waals surface area contributed by atoms with Crippen LogP contribution in [0.4, 0.5) is 0 Å². The second-order valence-electron chi connectivity index (χ2n) is 6.77. The van der Waals surface area contributed by atoms with Crippen molar-refractivity contribution in [3.05, 3.63) is 0 Å². The number of hydrogen-bond donors (Lipinski definition) is 2. The first-order valence-electron chi connectivity index (χ1n) is 8.69. The molecule has 0 bridgehead atoms. The zero-order chi connectivity index (χ0) is 17.4. The Kier molecular flexibility index (Phi) is 23.1. The molecule has 0 amide bonds. The van der Waals surface area contributed by atoms with Gasteiger partial charge >= 0.3 is 11.9 Å². The van der Waals surface area contributed by atoms with Crippen LogP contribution in [0.1, 0.15) is 91.9 Å². The van der Waals surface area contributed by atoms with Gasteiger partial charge in [-0.25, -0.2) is 0 Å². The summed E-state index contributed by atoms with van der Waals surface area (Å²) < 4.78 is 0. The molecule has 5 heteroatoms. The summed E-state index contributed by atoms with van der Waals surface area (Å²) in [5, 5.41) is 16.6. The van der Waals surface area contributed by atoms with E-state index in [0.717, 1.165) is 38.0 Å². The molecule has 0 aliphatic rings. The van der Waals surface area contributed by atoms with Crippen LogP contribution in [0.25, 0.3) is 0 Å². The van der Waals surface area contributed by atoms with Crippen LogP contribution in [0, 0.1) is 11.8 Å². The van der Waals surface area contributed by atoms with Crippen molar-refractivity contribution in [1.82, 2.24) is 0 Å². The average Bonchev–Trinajstić information content (AvgIpc) is 2.38. The summed E-state index contributed by atoms with van der Waals surface area (Å²) in [5.74, 6) is 0.140. The molecule has 1 radical (unpaired) electrons. The van der Waals surface area contributed by atoms with Gasteiger partial charge in [0, 0.05) is 29.6 Å². The molecule has 0 aliphatic heterocycles. The fourth-order valence-electron chi connectivity index (χ4n) is 2.01.